The molecule has 7 nitrogen and oxygen atoms in total. The summed E-state index contributed by atoms with van der Waals surface area (Å²) in [5.74, 6) is -0.340. The van der Waals surface area contributed by atoms with Crippen LogP contribution in [0.5, 0.6) is 0 Å². The molecule has 1 aromatic carbocycles. The van der Waals surface area contributed by atoms with Crippen molar-refractivity contribution < 1.29 is 17.9 Å². The smallest absolute Gasteiger partial charge is 0.328 e. The van der Waals surface area contributed by atoms with Gasteiger partial charge in [0.05, 0.1) is 11.5 Å². The van der Waals surface area contributed by atoms with Gasteiger partial charge in [0, 0.05) is 26.2 Å². The molecule has 1 aliphatic heterocycles. The van der Waals surface area contributed by atoms with Crippen molar-refractivity contribution in [3.63, 3.8) is 0 Å². The van der Waals surface area contributed by atoms with Crippen LogP contribution in [0.4, 0.5) is 5.69 Å². The van der Waals surface area contributed by atoms with Crippen molar-refractivity contribution in [3.05, 3.63) is 24.3 Å². The fourth-order valence-electron chi connectivity index (χ4n) is 1.90. The van der Waals surface area contributed by atoms with Gasteiger partial charge < -0.3 is 15.4 Å². The predicted octanol–water partition coefficient (Wildman–Crippen LogP) is 0.539. The number of carbonyl (C=O) groups excluding carboxylic acids is 1. The Morgan fingerprint density at radius 3 is 2.73 bits per heavy atom. The average Bonchev–Trinajstić information content (AvgIpc) is 2.84. The summed E-state index contributed by atoms with van der Waals surface area (Å²) in [7, 11) is -0.580. The molecule has 1 aromatic rings. The van der Waals surface area contributed by atoms with E-state index in [0.29, 0.717) is 18.7 Å². The number of hydrogen-bond acceptors (Lipinski definition) is 5. The van der Waals surface area contributed by atoms with Gasteiger partial charge >= 0.3 is 5.97 Å². The molecule has 22 heavy (non-hydrogen) atoms. The number of hydrogen-bond donors (Lipinski definition) is 2. The standard InChI is InChI=1S/C13H17N3O4S2/c1-16(2)22(18,19)10-5-3-4-9(8-10)14-13(21)15-11-6-7-20-12(11)17/h3-5,8,11H,6-7H2,1-2H3,(H2,14,15,21)/t11-/m0/s1. The van der Waals surface area contributed by atoms with Crippen LogP contribution in [-0.2, 0) is 19.6 Å². The van der Waals surface area contributed by atoms with E-state index in [0.717, 1.165) is 4.31 Å². The zero-order valence-electron chi connectivity index (χ0n) is 12.2. The normalized spacial score (nSPS) is 18.1. The fourth-order valence-corrected chi connectivity index (χ4v) is 3.11. The minimum absolute atomic E-state index is 0.158. The van der Waals surface area contributed by atoms with Crippen molar-refractivity contribution in [2.24, 2.45) is 0 Å². The van der Waals surface area contributed by atoms with Gasteiger partial charge in [0.2, 0.25) is 10.0 Å². The van der Waals surface area contributed by atoms with E-state index in [-0.39, 0.29) is 16.0 Å². The Hall–Kier alpha value is -1.71. The number of thiocarbonyl (C=S) groups is 1. The number of benzene rings is 1. The molecule has 1 heterocycles. The molecule has 0 bridgehead atoms. The lowest BCUT2D eigenvalue weighted by Crippen LogP contribution is -2.40. The second-order valence-electron chi connectivity index (χ2n) is 4.92. The zero-order valence-corrected chi connectivity index (χ0v) is 13.8. The number of sulfonamides is 1. The van der Waals surface area contributed by atoms with Gasteiger partial charge in [-0.05, 0) is 30.4 Å². The third kappa shape index (κ3) is 3.73. The van der Waals surface area contributed by atoms with E-state index in [4.69, 9.17) is 17.0 Å². The van der Waals surface area contributed by atoms with Gasteiger partial charge in [-0.1, -0.05) is 6.07 Å². The fraction of sp³-hybridized carbons (Fsp3) is 0.385. The summed E-state index contributed by atoms with van der Waals surface area (Å²) in [5, 5.41) is 5.95. The van der Waals surface area contributed by atoms with Gasteiger partial charge in [-0.25, -0.2) is 17.5 Å². The average molecular weight is 343 g/mol. The van der Waals surface area contributed by atoms with Crippen molar-refractivity contribution in [2.75, 3.05) is 26.0 Å². The third-order valence-corrected chi connectivity index (χ3v) is 5.14. The van der Waals surface area contributed by atoms with Crippen LogP contribution in [-0.4, -0.2) is 50.5 Å². The maximum atomic E-state index is 12.1. The van der Waals surface area contributed by atoms with Crippen molar-refractivity contribution >= 4 is 39.0 Å². The van der Waals surface area contributed by atoms with Crippen LogP contribution in [0, 0.1) is 0 Å². The highest BCUT2D eigenvalue weighted by Crippen LogP contribution is 2.18. The first kappa shape index (κ1) is 16.7. The SMILES string of the molecule is CN(C)S(=O)(=O)c1cccc(NC(=S)N[C@H]2CCOC2=O)c1. The largest absolute Gasteiger partial charge is 0.464 e. The number of nitrogens with zero attached hydrogens (tertiary/aromatic N) is 1. The number of ether oxygens (including phenoxy) is 1. The summed E-state index contributed by atoms with van der Waals surface area (Å²) in [6.45, 7) is 0.371. The minimum Gasteiger partial charge on any atom is -0.464 e. The first-order valence-electron chi connectivity index (χ1n) is 6.57. The van der Waals surface area contributed by atoms with Crippen LogP contribution in [0.1, 0.15) is 6.42 Å². The van der Waals surface area contributed by atoms with Crippen LogP contribution in [0.15, 0.2) is 29.2 Å². The highest BCUT2D eigenvalue weighted by molar-refractivity contribution is 7.89. The van der Waals surface area contributed by atoms with Gasteiger partial charge in [0.25, 0.3) is 0 Å². The van der Waals surface area contributed by atoms with Crippen LogP contribution >= 0.6 is 12.2 Å². The van der Waals surface area contributed by atoms with Crippen LogP contribution in [0.2, 0.25) is 0 Å². The maximum absolute atomic E-state index is 12.1. The molecule has 0 radical (unpaired) electrons. The molecule has 0 amide bonds. The molecule has 0 saturated carbocycles. The van der Waals surface area contributed by atoms with E-state index in [1.54, 1.807) is 12.1 Å². The molecule has 1 aliphatic rings. The molecular formula is C13H17N3O4S2. The predicted molar refractivity (Wildman–Crippen MR) is 86.0 cm³/mol. The van der Waals surface area contributed by atoms with Crippen LogP contribution in [0.25, 0.3) is 0 Å². The Kier molecular flexibility index (Phi) is 4.99. The highest BCUT2D eigenvalue weighted by Gasteiger charge is 2.27. The molecule has 9 heteroatoms. The first-order chi connectivity index (χ1) is 10.3. The van der Waals surface area contributed by atoms with Gasteiger partial charge in [0.15, 0.2) is 5.11 Å². The van der Waals surface area contributed by atoms with Gasteiger partial charge in [0.1, 0.15) is 6.04 Å². The number of anilines is 1. The van der Waals surface area contributed by atoms with Crippen molar-refractivity contribution in [2.45, 2.75) is 17.4 Å². The van der Waals surface area contributed by atoms with E-state index < -0.39 is 16.1 Å². The monoisotopic (exact) mass is 343 g/mol. The molecule has 2 N–H and O–H groups in total. The topological polar surface area (TPSA) is 87.7 Å². The molecule has 2 rings (SSSR count). The summed E-state index contributed by atoms with van der Waals surface area (Å²) in [6.07, 6.45) is 0.551. The summed E-state index contributed by atoms with van der Waals surface area (Å²) < 4.78 is 30.1. The van der Waals surface area contributed by atoms with Crippen LogP contribution < -0.4 is 10.6 Å². The van der Waals surface area contributed by atoms with E-state index in [9.17, 15) is 13.2 Å². The lowest BCUT2D eigenvalue weighted by molar-refractivity contribution is -0.139. The highest BCUT2D eigenvalue weighted by atomic mass is 32.2. The summed E-state index contributed by atoms with van der Waals surface area (Å²) in [6, 6.07) is 5.83. The van der Waals surface area contributed by atoms with E-state index in [1.807, 2.05) is 0 Å². The van der Waals surface area contributed by atoms with Crippen molar-refractivity contribution in [1.29, 1.82) is 0 Å². The summed E-state index contributed by atoms with van der Waals surface area (Å²) in [4.78, 5) is 11.5. The third-order valence-electron chi connectivity index (χ3n) is 3.11. The molecule has 0 aromatic heterocycles. The number of cyclic esters (lactones) is 1. The second kappa shape index (κ2) is 6.59. The molecule has 1 fully saturated rings. The zero-order chi connectivity index (χ0) is 16.3. The Morgan fingerprint density at radius 1 is 1.41 bits per heavy atom. The van der Waals surface area contributed by atoms with Gasteiger partial charge in [-0.15, -0.1) is 0 Å². The van der Waals surface area contributed by atoms with Crippen molar-refractivity contribution in [3.8, 4) is 0 Å². The van der Waals surface area contributed by atoms with Crippen molar-refractivity contribution in [1.82, 2.24) is 9.62 Å². The lowest BCUT2D eigenvalue weighted by atomic mass is 10.2. The van der Waals surface area contributed by atoms with E-state index in [1.165, 1.54) is 26.2 Å². The Balaban J connectivity index is 2.07. The Morgan fingerprint density at radius 2 is 2.14 bits per heavy atom. The second-order valence-corrected chi connectivity index (χ2v) is 7.48. The van der Waals surface area contributed by atoms with Gasteiger partial charge in [-0.2, -0.15) is 0 Å². The maximum Gasteiger partial charge on any atom is 0.328 e. The molecular weight excluding hydrogens is 326 g/mol. The number of rotatable bonds is 4. The minimum atomic E-state index is -3.51. The summed E-state index contributed by atoms with van der Waals surface area (Å²) >= 11 is 5.12. The molecule has 0 spiro atoms. The van der Waals surface area contributed by atoms with E-state index >= 15 is 0 Å². The lowest BCUT2D eigenvalue weighted by Gasteiger charge is -2.15. The number of nitrogens with one attached hydrogen (secondary N) is 2. The Bertz CT molecular complexity index is 688. The number of carbonyl (C=O) groups is 1. The van der Waals surface area contributed by atoms with Crippen LogP contribution in [0.3, 0.4) is 0 Å². The Labute approximate surface area is 134 Å². The first-order valence-corrected chi connectivity index (χ1v) is 8.42. The summed E-state index contributed by atoms with van der Waals surface area (Å²) in [5.41, 5.74) is 0.520. The number of esters is 1. The van der Waals surface area contributed by atoms with E-state index in [2.05, 4.69) is 10.6 Å². The molecule has 0 unspecified atom stereocenters. The molecule has 1 saturated heterocycles. The molecule has 1 atom stereocenters. The molecule has 0 aliphatic carbocycles. The van der Waals surface area contributed by atoms with Gasteiger partial charge in [-0.3, -0.25) is 0 Å². The quantitative estimate of drug-likeness (QED) is 0.609. The molecule has 120 valence electrons.